The van der Waals surface area contributed by atoms with Gasteiger partial charge in [-0.1, -0.05) is 0 Å². The first-order valence-corrected chi connectivity index (χ1v) is 12.2. The van der Waals surface area contributed by atoms with Crippen molar-refractivity contribution >= 4 is 40.9 Å². The summed E-state index contributed by atoms with van der Waals surface area (Å²) in [7, 11) is -16.4. The van der Waals surface area contributed by atoms with Crippen LogP contribution in [0.2, 0.25) is 0 Å². The largest absolute Gasteiger partial charge is 0.490 e. The first kappa shape index (κ1) is 23.3. The van der Waals surface area contributed by atoms with Crippen LogP contribution in [-0.2, 0) is 36.3 Å². The number of carbonyl (C=O) groups excluding carboxylic acids is 1. The molecule has 0 aromatic carbocycles. The molecule has 2 aliphatic heterocycles. The Labute approximate surface area is 167 Å². The van der Waals surface area contributed by atoms with Crippen molar-refractivity contribution < 1.29 is 60.7 Å². The topological polar surface area (TPSA) is 250 Å². The van der Waals surface area contributed by atoms with Crippen LogP contribution in [-0.4, -0.2) is 67.6 Å². The first-order chi connectivity index (χ1) is 13.8. The highest BCUT2D eigenvalue weighted by atomic mass is 31.3. The number of fused-ring (bicyclic) bond motifs is 1. The van der Waals surface area contributed by atoms with E-state index in [4.69, 9.17) is 29.9 Å². The summed E-state index contributed by atoms with van der Waals surface area (Å²) in [6.45, 7) is -1.03. The lowest BCUT2D eigenvalue weighted by Crippen LogP contribution is -2.37. The van der Waals surface area contributed by atoms with Crippen LogP contribution in [0.4, 0.5) is 11.6 Å². The Morgan fingerprint density at radius 1 is 1.17 bits per heavy atom. The Morgan fingerprint density at radius 3 is 2.53 bits per heavy atom. The van der Waals surface area contributed by atoms with Crippen LogP contribution in [0.25, 0.3) is 0 Å². The van der Waals surface area contributed by atoms with E-state index in [0.717, 1.165) is 6.33 Å². The minimum Gasteiger partial charge on any atom is -0.383 e. The van der Waals surface area contributed by atoms with Gasteiger partial charge in [0.25, 0.3) is 0 Å². The molecule has 30 heavy (non-hydrogen) atoms. The van der Waals surface area contributed by atoms with Crippen molar-refractivity contribution in [3.8, 4) is 0 Å². The van der Waals surface area contributed by atoms with Crippen molar-refractivity contribution in [1.29, 1.82) is 0 Å². The lowest BCUT2D eigenvalue weighted by Gasteiger charge is -2.23. The summed E-state index contributed by atoms with van der Waals surface area (Å²) in [6, 6.07) is 0. The molecule has 20 heteroatoms. The number of nitrogens with zero attached hydrogens (tertiary/aromatic N) is 3. The van der Waals surface area contributed by atoms with Crippen molar-refractivity contribution in [2.45, 2.75) is 12.5 Å². The zero-order chi connectivity index (χ0) is 22.3. The van der Waals surface area contributed by atoms with Crippen LogP contribution in [0.3, 0.4) is 0 Å². The fourth-order valence-corrected chi connectivity index (χ4v) is 5.58. The van der Waals surface area contributed by atoms with Gasteiger partial charge < -0.3 is 39.7 Å². The summed E-state index contributed by atoms with van der Waals surface area (Å²) in [5.74, 6) is -0.131. The average molecular weight is 492 g/mol. The fourth-order valence-electron chi connectivity index (χ4n) is 2.57. The van der Waals surface area contributed by atoms with Crippen LogP contribution < -0.4 is 10.6 Å². The van der Waals surface area contributed by atoms with Gasteiger partial charge in [0.1, 0.15) is 30.1 Å². The summed E-state index contributed by atoms with van der Waals surface area (Å²) in [4.78, 5) is 56.7. The van der Waals surface area contributed by atoms with Crippen molar-refractivity contribution in [2.75, 3.05) is 30.4 Å². The smallest absolute Gasteiger partial charge is 0.383 e. The number of phosphoric ester groups is 1. The predicted molar refractivity (Wildman–Crippen MR) is 92.6 cm³/mol. The van der Waals surface area contributed by atoms with Gasteiger partial charge in [0.15, 0.2) is 18.3 Å². The fraction of sp³-hybridized carbons (Fsp3) is 0.500. The van der Waals surface area contributed by atoms with Crippen molar-refractivity contribution in [3.05, 3.63) is 11.9 Å². The monoisotopic (exact) mass is 492 g/mol. The third-order valence-electron chi connectivity index (χ3n) is 3.59. The second-order valence-corrected chi connectivity index (χ2v) is 10.2. The number of Topliss-reactive ketones (excluding diaryl/α,β-unsaturated/α-hetero) is 1. The lowest BCUT2D eigenvalue weighted by atomic mass is 10.2. The minimum absolute atomic E-state index is 0.00405. The average Bonchev–Trinajstić information content (AvgIpc) is 3.15. The predicted octanol–water partition coefficient (Wildman–Crippen LogP) is -0.896. The van der Waals surface area contributed by atoms with E-state index in [2.05, 4.69) is 23.1 Å². The van der Waals surface area contributed by atoms with Crippen LogP contribution >= 0.6 is 23.5 Å². The molecular formula is C10H15N4O13P3. The minimum atomic E-state index is -5.63. The molecule has 0 spiro atoms. The maximum Gasteiger partial charge on any atom is 0.490 e. The van der Waals surface area contributed by atoms with Gasteiger partial charge in [0.2, 0.25) is 0 Å². The van der Waals surface area contributed by atoms with E-state index < -0.39 is 42.6 Å². The molecule has 17 nitrogen and oxygen atoms in total. The van der Waals surface area contributed by atoms with E-state index in [1.54, 1.807) is 0 Å². The molecule has 0 aliphatic carbocycles. The number of hydrogen-bond acceptors (Lipinski definition) is 13. The first-order valence-electron chi connectivity index (χ1n) is 7.72. The van der Waals surface area contributed by atoms with Gasteiger partial charge in [0.05, 0.1) is 13.2 Å². The van der Waals surface area contributed by atoms with E-state index in [1.807, 2.05) is 0 Å². The van der Waals surface area contributed by atoms with Gasteiger partial charge in [-0.05, 0) is 0 Å². The summed E-state index contributed by atoms with van der Waals surface area (Å²) in [6.07, 6.45) is -0.959. The highest BCUT2D eigenvalue weighted by Gasteiger charge is 2.43. The number of hydrogen-bond donors (Lipinski definition) is 5. The number of nitrogens with two attached hydrogens (primary N) is 1. The van der Waals surface area contributed by atoms with Gasteiger partial charge in [-0.15, -0.1) is 0 Å². The maximum atomic E-state index is 12.1. The Balaban J connectivity index is 1.57. The lowest BCUT2D eigenvalue weighted by molar-refractivity contribution is -0.0855. The summed E-state index contributed by atoms with van der Waals surface area (Å²) < 4.78 is 55.8. The van der Waals surface area contributed by atoms with E-state index in [1.165, 1.54) is 4.90 Å². The number of ketones is 1. The van der Waals surface area contributed by atoms with E-state index >= 15 is 0 Å². The molecule has 0 amide bonds. The Bertz CT molecular complexity index is 984. The molecule has 3 heterocycles. The SMILES string of the molecule is Nc1ncnc2c1C(=O)CN2[C@H]1CO[C@@H](COP(=O)(O)OP(=O)(O)OP(=O)(O)O)O1. The van der Waals surface area contributed by atoms with Gasteiger partial charge >= 0.3 is 23.5 Å². The molecule has 1 saturated heterocycles. The molecule has 168 valence electrons. The highest BCUT2D eigenvalue weighted by Crippen LogP contribution is 2.66. The van der Waals surface area contributed by atoms with Gasteiger partial charge in [-0.25, -0.2) is 23.7 Å². The third kappa shape index (κ3) is 5.68. The molecule has 0 saturated carbocycles. The Kier molecular flexibility index (Phi) is 6.47. The molecule has 1 fully saturated rings. The van der Waals surface area contributed by atoms with Crippen LogP contribution in [0, 0.1) is 0 Å². The van der Waals surface area contributed by atoms with E-state index in [-0.39, 0.29) is 36.1 Å². The number of nitrogen functional groups attached to an aromatic ring is 1. The Morgan fingerprint density at radius 2 is 1.87 bits per heavy atom. The number of phosphoric acid groups is 3. The van der Waals surface area contributed by atoms with Crippen molar-refractivity contribution in [3.63, 3.8) is 0 Å². The zero-order valence-corrected chi connectivity index (χ0v) is 17.3. The molecule has 1 aromatic rings. The second-order valence-electron chi connectivity index (χ2n) is 5.75. The quantitative estimate of drug-likeness (QED) is 0.276. The number of aromatic nitrogens is 2. The van der Waals surface area contributed by atoms with Crippen LogP contribution in [0.1, 0.15) is 10.4 Å². The zero-order valence-electron chi connectivity index (χ0n) is 14.6. The summed E-state index contributed by atoms with van der Waals surface area (Å²) in [5, 5.41) is 0. The number of anilines is 2. The molecule has 2 aliphatic rings. The van der Waals surface area contributed by atoms with Crippen molar-refractivity contribution in [2.24, 2.45) is 0 Å². The van der Waals surface area contributed by atoms with E-state index in [9.17, 15) is 23.4 Å². The summed E-state index contributed by atoms with van der Waals surface area (Å²) in [5.41, 5.74) is 5.79. The standard InChI is InChI=1S/C10H15N4O13P3/c11-9-8-5(15)1-14(10(8)13-4-12-9)6-2-23-7(25-6)3-24-29(19,20)27-30(21,22)26-28(16,17)18/h4,6-7H,1-3H2,(H,19,20)(H,21,22)(H2,11,12,13)(H2,16,17,18)/t6-,7-/m1/s1. The van der Waals surface area contributed by atoms with Crippen molar-refractivity contribution in [1.82, 2.24) is 9.97 Å². The molecule has 0 radical (unpaired) electrons. The molecular weight excluding hydrogens is 477 g/mol. The maximum absolute atomic E-state index is 12.1. The second kappa shape index (κ2) is 8.31. The molecule has 2 unspecified atom stereocenters. The van der Waals surface area contributed by atoms with Crippen LogP contribution in [0.15, 0.2) is 6.33 Å². The Hall–Kier alpha value is -1.32. The van der Waals surface area contributed by atoms with Gasteiger partial charge in [0, 0.05) is 0 Å². The molecule has 3 rings (SSSR count). The van der Waals surface area contributed by atoms with Gasteiger partial charge in [-0.3, -0.25) is 9.32 Å². The van der Waals surface area contributed by atoms with Gasteiger partial charge in [-0.2, -0.15) is 8.62 Å². The molecule has 0 bridgehead atoms. The highest BCUT2D eigenvalue weighted by molar-refractivity contribution is 7.66. The van der Waals surface area contributed by atoms with E-state index in [0.29, 0.717) is 0 Å². The molecule has 6 N–H and O–H groups in total. The van der Waals surface area contributed by atoms with Crippen LogP contribution in [0.5, 0.6) is 0 Å². The number of ether oxygens (including phenoxy) is 2. The third-order valence-corrected chi connectivity index (χ3v) is 7.39. The molecule has 4 atom stereocenters. The molecule has 1 aromatic heterocycles. The number of rotatable bonds is 8. The normalized spacial score (nSPS) is 25.7. The number of carbonyl (C=O) groups is 1. The summed E-state index contributed by atoms with van der Waals surface area (Å²) >= 11 is 0.